The molecule has 2 amide bonds. The van der Waals surface area contributed by atoms with Gasteiger partial charge in [0.2, 0.25) is 5.91 Å². The lowest BCUT2D eigenvalue weighted by atomic mass is 10.0. The van der Waals surface area contributed by atoms with Gasteiger partial charge in [-0.2, -0.15) is 0 Å². The van der Waals surface area contributed by atoms with Gasteiger partial charge in [0.25, 0.3) is 5.56 Å². The Kier molecular flexibility index (Phi) is 4.83. The molecule has 1 aromatic heterocycles. The van der Waals surface area contributed by atoms with E-state index < -0.39 is 12.1 Å². The first-order valence-electron chi connectivity index (χ1n) is 7.99. The average molecular weight is 341 g/mol. The Balaban J connectivity index is 1.55. The van der Waals surface area contributed by atoms with Gasteiger partial charge >= 0.3 is 6.09 Å². The molecule has 1 aliphatic rings. The van der Waals surface area contributed by atoms with Crippen molar-refractivity contribution in [3.8, 4) is 0 Å². The van der Waals surface area contributed by atoms with E-state index in [-0.39, 0.29) is 18.1 Å². The van der Waals surface area contributed by atoms with Crippen LogP contribution in [0.3, 0.4) is 0 Å². The van der Waals surface area contributed by atoms with Crippen LogP contribution in [0.15, 0.2) is 53.5 Å². The fourth-order valence-electron chi connectivity index (χ4n) is 2.53. The van der Waals surface area contributed by atoms with Crippen LogP contribution in [-0.4, -0.2) is 34.1 Å². The smallest absolute Gasteiger partial charge is 0.410 e. The Labute approximate surface area is 144 Å². The first kappa shape index (κ1) is 16.8. The molecule has 0 spiro atoms. The molecule has 0 saturated carbocycles. The molecule has 7 nitrogen and oxygen atoms in total. The average Bonchev–Trinajstić information content (AvgIpc) is 2.56. The summed E-state index contributed by atoms with van der Waals surface area (Å²) in [5, 5.41) is 2.67. The molecule has 1 aromatic carbocycles. The highest BCUT2D eigenvalue weighted by molar-refractivity contribution is 5.97. The fourth-order valence-corrected chi connectivity index (χ4v) is 2.53. The summed E-state index contributed by atoms with van der Waals surface area (Å²) in [6, 6.07) is 11.8. The van der Waals surface area contributed by atoms with Crippen molar-refractivity contribution in [3.05, 3.63) is 64.6 Å². The summed E-state index contributed by atoms with van der Waals surface area (Å²) in [6.45, 7) is 0.640. The summed E-state index contributed by atoms with van der Waals surface area (Å²) in [4.78, 5) is 37.4. The molecule has 0 aliphatic carbocycles. The van der Waals surface area contributed by atoms with Gasteiger partial charge in [0.05, 0.1) is 0 Å². The van der Waals surface area contributed by atoms with Gasteiger partial charge in [-0.3, -0.25) is 14.5 Å². The van der Waals surface area contributed by atoms with Crippen LogP contribution in [-0.2, 0) is 23.2 Å². The summed E-state index contributed by atoms with van der Waals surface area (Å²) in [7, 11) is 1.63. The zero-order valence-electron chi connectivity index (χ0n) is 13.8. The number of hydrogen-bond acceptors (Lipinski definition) is 4. The Hall–Kier alpha value is -3.09. The van der Waals surface area contributed by atoms with Gasteiger partial charge in [-0.15, -0.1) is 0 Å². The maximum atomic E-state index is 12.3. The zero-order valence-corrected chi connectivity index (χ0v) is 13.8. The third-order valence-electron chi connectivity index (χ3n) is 4.13. The van der Waals surface area contributed by atoms with Crippen molar-refractivity contribution in [1.82, 2.24) is 9.47 Å². The first-order chi connectivity index (χ1) is 12.0. The minimum Gasteiger partial charge on any atom is -0.445 e. The number of ether oxygens (including phenoxy) is 1. The second-order valence-electron chi connectivity index (χ2n) is 5.89. The molecule has 0 unspecified atom stereocenters. The van der Waals surface area contributed by atoms with Crippen molar-refractivity contribution >= 4 is 17.7 Å². The van der Waals surface area contributed by atoms with Crippen molar-refractivity contribution in [3.63, 3.8) is 0 Å². The van der Waals surface area contributed by atoms with Gasteiger partial charge in [0, 0.05) is 31.5 Å². The monoisotopic (exact) mass is 341 g/mol. The third kappa shape index (κ3) is 3.88. The van der Waals surface area contributed by atoms with Crippen LogP contribution in [0.1, 0.15) is 12.0 Å². The summed E-state index contributed by atoms with van der Waals surface area (Å²) < 4.78 is 6.66. The largest absolute Gasteiger partial charge is 0.445 e. The van der Waals surface area contributed by atoms with E-state index in [2.05, 4.69) is 5.32 Å². The maximum absolute atomic E-state index is 12.3. The van der Waals surface area contributed by atoms with Crippen LogP contribution in [0, 0.1) is 0 Å². The van der Waals surface area contributed by atoms with Crippen LogP contribution >= 0.6 is 0 Å². The highest BCUT2D eigenvalue weighted by Gasteiger charge is 2.38. The highest BCUT2D eigenvalue weighted by Crippen LogP contribution is 2.20. The van der Waals surface area contributed by atoms with E-state index in [0.29, 0.717) is 18.7 Å². The van der Waals surface area contributed by atoms with E-state index in [9.17, 15) is 14.4 Å². The molecular formula is C18H19N3O4. The van der Waals surface area contributed by atoms with Gasteiger partial charge in [0.1, 0.15) is 12.6 Å². The van der Waals surface area contributed by atoms with Crippen LogP contribution in [0.2, 0.25) is 0 Å². The molecule has 0 bridgehead atoms. The molecule has 1 fully saturated rings. The normalized spacial score (nSPS) is 16.0. The second-order valence-corrected chi connectivity index (χ2v) is 5.89. The number of aryl methyl sites for hydroxylation is 1. The summed E-state index contributed by atoms with van der Waals surface area (Å²) >= 11 is 0. The van der Waals surface area contributed by atoms with E-state index >= 15 is 0 Å². The van der Waals surface area contributed by atoms with Crippen LogP contribution in [0.5, 0.6) is 0 Å². The molecule has 1 saturated heterocycles. The molecule has 1 N–H and O–H groups in total. The van der Waals surface area contributed by atoms with E-state index in [1.54, 1.807) is 19.3 Å². The lowest BCUT2D eigenvalue weighted by Crippen LogP contribution is -2.56. The molecule has 2 heterocycles. The number of anilines is 1. The van der Waals surface area contributed by atoms with E-state index in [0.717, 1.165) is 5.56 Å². The molecule has 1 aliphatic heterocycles. The Morgan fingerprint density at radius 3 is 2.64 bits per heavy atom. The predicted molar refractivity (Wildman–Crippen MR) is 92.1 cm³/mol. The van der Waals surface area contributed by atoms with Crippen LogP contribution in [0.4, 0.5) is 10.5 Å². The van der Waals surface area contributed by atoms with Crippen LogP contribution < -0.4 is 10.9 Å². The summed E-state index contributed by atoms with van der Waals surface area (Å²) in [6.07, 6.45) is 1.63. The van der Waals surface area contributed by atoms with Gasteiger partial charge < -0.3 is 14.6 Å². The SMILES string of the molecule is Cn1ccc(NC(=O)[C@@H]2CCN2C(=O)OCc2ccccc2)cc1=O. The van der Waals surface area contributed by atoms with Crippen LogP contribution in [0.25, 0.3) is 0 Å². The van der Waals surface area contributed by atoms with Gasteiger partial charge in [-0.1, -0.05) is 30.3 Å². The number of benzene rings is 1. The third-order valence-corrected chi connectivity index (χ3v) is 4.13. The van der Waals surface area contributed by atoms with E-state index in [1.165, 1.54) is 15.5 Å². The van der Waals surface area contributed by atoms with Crippen molar-refractivity contribution in [2.45, 2.75) is 19.1 Å². The Bertz CT molecular complexity index is 832. The number of pyridine rings is 1. The van der Waals surface area contributed by atoms with Gasteiger partial charge in [-0.25, -0.2) is 4.79 Å². The molecule has 25 heavy (non-hydrogen) atoms. The molecule has 7 heteroatoms. The molecule has 0 radical (unpaired) electrons. The van der Waals surface area contributed by atoms with Gasteiger partial charge in [0.15, 0.2) is 0 Å². The number of amides is 2. The number of hydrogen-bond donors (Lipinski definition) is 1. The number of nitrogens with one attached hydrogen (secondary N) is 1. The number of carbonyl (C=O) groups is 2. The standard InChI is InChI=1S/C18H19N3O4/c1-20-9-7-14(11-16(20)22)19-17(23)15-8-10-21(15)18(24)25-12-13-5-3-2-4-6-13/h2-7,9,11,15H,8,10,12H2,1H3,(H,19,23)/t15-/m0/s1. The summed E-state index contributed by atoms with van der Waals surface area (Å²) in [5.41, 5.74) is 1.08. The predicted octanol–water partition coefficient (Wildman–Crippen LogP) is 1.73. The molecule has 1 atom stereocenters. The lowest BCUT2D eigenvalue weighted by Gasteiger charge is -2.38. The van der Waals surface area contributed by atoms with Crippen molar-refractivity contribution < 1.29 is 14.3 Å². The topological polar surface area (TPSA) is 80.6 Å². The Morgan fingerprint density at radius 1 is 1.24 bits per heavy atom. The number of rotatable bonds is 4. The molecule has 2 aromatic rings. The minimum absolute atomic E-state index is 0.166. The van der Waals surface area contributed by atoms with Crippen molar-refractivity contribution in [2.24, 2.45) is 7.05 Å². The molecular weight excluding hydrogens is 322 g/mol. The number of carbonyl (C=O) groups excluding carboxylic acids is 2. The summed E-state index contributed by atoms with van der Waals surface area (Å²) in [5.74, 6) is -0.323. The quantitative estimate of drug-likeness (QED) is 0.918. The van der Waals surface area contributed by atoms with E-state index in [4.69, 9.17) is 4.74 Å². The number of aromatic nitrogens is 1. The van der Waals surface area contributed by atoms with Crippen molar-refractivity contribution in [1.29, 1.82) is 0 Å². The zero-order chi connectivity index (χ0) is 17.8. The first-order valence-corrected chi connectivity index (χ1v) is 7.99. The van der Waals surface area contributed by atoms with E-state index in [1.807, 2.05) is 30.3 Å². The Morgan fingerprint density at radius 2 is 2.00 bits per heavy atom. The maximum Gasteiger partial charge on any atom is 0.410 e. The lowest BCUT2D eigenvalue weighted by molar-refractivity contribution is -0.124. The van der Waals surface area contributed by atoms with Crippen molar-refractivity contribution in [2.75, 3.05) is 11.9 Å². The second kappa shape index (κ2) is 7.21. The highest BCUT2D eigenvalue weighted by atomic mass is 16.6. The number of likely N-dealkylation sites (tertiary alicyclic amines) is 1. The number of nitrogens with zero attached hydrogens (tertiary/aromatic N) is 2. The molecule has 3 rings (SSSR count). The fraction of sp³-hybridized carbons (Fsp3) is 0.278. The van der Waals surface area contributed by atoms with Gasteiger partial charge in [-0.05, 0) is 18.1 Å². The minimum atomic E-state index is -0.577. The molecule has 130 valence electrons.